The molecule has 0 fully saturated rings. The minimum atomic E-state index is -4.50. The molecule has 1 aliphatic heterocycles. The number of hydrogen-bond donors (Lipinski definition) is 2. The number of benzene rings is 1. The molecule has 16 heteroatoms. The normalized spacial score (nSPS) is 21.1. The number of likely N-dealkylation sites (N-methyl/N-ethyl adjacent to an activating group) is 1. The van der Waals surface area contributed by atoms with Crippen LogP contribution in [0.15, 0.2) is 27.6 Å². The number of nitrogens with one attached hydrogen (secondary N) is 1. The van der Waals surface area contributed by atoms with Gasteiger partial charge in [-0.2, -0.15) is 17.5 Å². The van der Waals surface area contributed by atoms with E-state index in [0.717, 1.165) is 0 Å². The maximum atomic E-state index is 14.2. The number of aliphatic hydroxyl groups excluding tert-OH is 1. The number of sulfonamides is 1. The molecule has 47 heavy (non-hydrogen) atoms. The van der Waals surface area contributed by atoms with E-state index in [1.54, 1.807) is 13.8 Å². The van der Waals surface area contributed by atoms with E-state index in [9.17, 15) is 36.3 Å². The van der Waals surface area contributed by atoms with Gasteiger partial charge < -0.3 is 29.3 Å². The number of rotatable bonds is 9. The Morgan fingerprint density at radius 1 is 1.23 bits per heavy atom. The lowest BCUT2D eigenvalue weighted by molar-refractivity contribution is -0.142. The predicted molar refractivity (Wildman–Crippen MR) is 167 cm³/mol. The van der Waals surface area contributed by atoms with Gasteiger partial charge in [0.15, 0.2) is 5.76 Å². The Balaban J connectivity index is 1.95. The van der Waals surface area contributed by atoms with E-state index < -0.39 is 65.5 Å². The molecule has 2 heterocycles. The number of alkyl halides is 3. The molecule has 2 amide bonds. The Bertz CT molecular complexity index is 1460. The zero-order valence-corrected chi connectivity index (χ0v) is 28.4. The van der Waals surface area contributed by atoms with Crippen molar-refractivity contribution in [1.29, 1.82) is 0 Å². The second-order valence-electron chi connectivity index (χ2n) is 12.1. The van der Waals surface area contributed by atoms with Gasteiger partial charge in [0.25, 0.3) is 5.91 Å². The van der Waals surface area contributed by atoms with Crippen molar-refractivity contribution in [2.75, 3.05) is 38.7 Å². The molecule has 1 aromatic heterocycles. The standard InChI is InChI=1S/C31H45F3N4O8S/c1-19-16-38(20(2)18-39)30(41)25-15-24(35-28(40)12-13-31(32,33)34)10-11-26(25)45-21(3)9-7-8-14-44-27(19)17-37(6)47(42,43)29-22(4)36-46-23(29)5/h10-11,15,19-21,27,39H,7-9,12-14,16-18H2,1-6H3,(H,35,40)/t19-,20+,21+,27-/m1/s1. The van der Waals surface area contributed by atoms with Crippen LogP contribution >= 0.6 is 0 Å². The van der Waals surface area contributed by atoms with Crippen molar-refractivity contribution in [3.63, 3.8) is 0 Å². The molecule has 0 saturated heterocycles. The summed E-state index contributed by atoms with van der Waals surface area (Å²) in [5, 5.41) is 16.3. The summed E-state index contributed by atoms with van der Waals surface area (Å²) in [4.78, 5) is 27.8. The SMILES string of the molecule is Cc1noc(C)c1S(=O)(=O)N(C)C[C@H]1OCCCC[C@H](C)Oc2ccc(NC(=O)CCC(F)(F)F)cc2C(=O)N([C@@H](C)CO)C[C@H]1C. The van der Waals surface area contributed by atoms with E-state index in [1.807, 2.05) is 13.8 Å². The average molecular weight is 691 g/mol. The van der Waals surface area contributed by atoms with Crippen LogP contribution in [-0.2, 0) is 19.6 Å². The molecular weight excluding hydrogens is 645 g/mol. The minimum absolute atomic E-state index is 0.0221. The van der Waals surface area contributed by atoms with Crippen LogP contribution in [0.2, 0.25) is 0 Å². The van der Waals surface area contributed by atoms with Crippen LogP contribution in [0.3, 0.4) is 0 Å². The molecule has 12 nitrogen and oxygen atoms in total. The summed E-state index contributed by atoms with van der Waals surface area (Å²) in [7, 11) is -2.57. The first kappa shape index (κ1) is 38.2. The lowest BCUT2D eigenvalue weighted by Crippen LogP contribution is -2.48. The highest BCUT2D eigenvalue weighted by Crippen LogP contribution is 2.30. The minimum Gasteiger partial charge on any atom is -0.490 e. The number of ether oxygens (including phenoxy) is 2. The second-order valence-corrected chi connectivity index (χ2v) is 14.1. The number of amides is 2. The van der Waals surface area contributed by atoms with Gasteiger partial charge in [-0.15, -0.1) is 0 Å². The van der Waals surface area contributed by atoms with E-state index in [4.69, 9.17) is 14.0 Å². The highest BCUT2D eigenvalue weighted by atomic mass is 32.2. The lowest BCUT2D eigenvalue weighted by atomic mass is 10.0. The van der Waals surface area contributed by atoms with Crippen molar-refractivity contribution in [3.05, 3.63) is 35.2 Å². The Kier molecular flexibility index (Phi) is 13.2. The molecule has 0 saturated carbocycles. The Hall–Kier alpha value is -3.21. The fraction of sp³-hybridized carbons (Fsp3) is 0.645. The molecule has 0 radical (unpaired) electrons. The van der Waals surface area contributed by atoms with Gasteiger partial charge in [-0.3, -0.25) is 9.59 Å². The number of aromatic nitrogens is 1. The van der Waals surface area contributed by atoms with Crippen molar-refractivity contribution in [1.82, 2.24) is 14.4 Å². The quantitative estimate of drug-likeness (QED) is 0.382. The van der Waals surface area contributed by atoms with E-state index in [2.05, 4.69) is 10.5 Å². The first-order valence-corrected chi connectivity index (χ1v) is 17.0. The van der Waals surface area contributed by atoms with Gasteiger partial charge in [0, 0.05) is 44.8 Å². The molecule has 4 atom stereocenters. The molecule has 0 spiro atoms. The molecule has 264 valence electrons. The number of hydrogen-bond acceptors (Lipinski definition) is 9. The third-order valence-corrected chi connectivity index (χ3v) is 10.1. The van der Waals surface area contributed by atoms with Gasteiger partial charge >= 0.3 is 6.18 Å². The van der Waals surface area contributed by atoms with E-state index in [0.29, 0.717) is 25.9 Å². The van der Waals surface area contributed by atoms with Gasteiger partial charge in [0.1, 0.15) is 16.3 Å². The smallest absolute Gasteiger partial charge is 0.389 e. The van der Waals surface area contributed by atoms with Crippen molar-refractivity contribution >= 4 is 27.5 Å². The molecule has 1 aliphatic rings. The first-order valence-electron chi connectivity index (χ1n) is 15.5. The zero-order valence-electron chi connectivity index (χ0n) is 27.6. The molecule has 0 unspecified atom stereocenters. The van der Waals surface area contributed by atoms with Crippen molar-refractivity contribution in [3.8, 4) is 5.75 Å². The zero-order chi connectivity index (χ0) is 35.1. The molecule has 1 aromatic carbocycles. The average Bonchev–Trinajstić information content (AvgIpc) is 3.35. The van der Waals surface area contributed by atoms with Crippen LogP contribution in [0.5, 0.6) is 5.75 Å². The van der Waals surface area contributed by atoms with Crippen LogP contribution in [0, 0.1) is 19.8 Å². The summed E-state index contributed by atoms with van der Waals surface area (Å²) < 4.78 is 83.6. The van der Waals surface area contributed by atoms with Crippen LogP contribution in [0.1, 0.15) is 74.7 Å². The number of carbonyl (C=O) groups is 2. The topological polar surface area (TPSA) is 152 Å². The lowest BCUT2D eigenvalue weighted by Gasteiger charge is -2.35. The predicted octanol–water partition coefficient (Wildman–Crippen LogP) is 4.69. The highest BCUT2D eigenvalue weighted by molar-refractivity contribution is 7.89. The van der Waals surface area contributed by atoms with E-state index in [1.165, 1.54) is 41.4 Å². The van der Waals surface area contributed by atoms with Gasteiger partial charge in [-0.25, -0.2) is 8.42 Å². The summed E-state index contributed by atoms with van der Waals surface area (Å²) in [5.74, 6) is -1.48. The molecule has 0 aliphatic carbocycles. The van der Waals surface area contributed by atoms with Crippen LogP contribution in [-0.4, -0.2) is 97.5 Å². The fourth-order valence-corrected chi connectivity index (χ4v) is 6.76. The number of halogens is 3. The third kappa shape index (κ3) is 10.4. The highest BCUT2D eigenvalue weighted by Gasteiger charge is 2.34. The van der Waals surface area contributed by atoms with Crippen molar-refractivity contribution < 1.29 is 50.3 Å². The first-order chi connectivity index (χ1) is 21.9. The Labute approximate surface area is 273 Å². The number of carbonyl (C=O) groups excluding carboxylic acids is 2. The van der Waals surface area contributed by atoms with Gasteiger partial charge in [-0.05, 0) is 65.2 Å². The van der Waals surface area contributed by atoms with Crippen LogP contribution in [0.4, 0.5) is 18.9 Å². The summed E-state index contributed by atoms with van der Waals surface area (Å²) in [6.45, 7) is 8.28. The third-order valence-electron chi connectivity index (χ3n) is 8.04. The number of anilines is 1. The van der Waals surface area contributed by atoms with Crippen molar-refractivity contribution in [2.24, 2.45) is 5.92 Å². The van der Waals surface area contributed by atoms with E-state index >= 15 is 0 Å². The maximum Gasteiger partial charge on any atom is 0.389 e. The van der Waals surface area contributed by atoms with Gasteiger partial charge in [0.05, 0.1) is 36.8 Å². The summed E-state index contributed by atoms with van der Waals surface area (Å²) in [5.41, 5.74) is 0.387. The summed E-state index contributed by atoms with van der Waals surface area (Å²) in [6.07, 6.45) is -5.60. The summed E-state index contributed by atoms with van der Waals surface area (Å²) >= 11 is 0. The maximum absolute atomic E-state index is 14.2. The van der Waals surface area contributed by atoms with Gasteiger partial charge in [-0.1, -0.05) is 12.1 Å². The number of aryl methyl sites for hydroxylation is 2. The monoisotopic (exact) mass is 690 g/mol. The second kappa shape index (κ2) is 16.3. The Morgan fingerprint density at radius 3 is 2.55 bits per heavy atom. The largest absolute Gasteiger partial charge is 0.490 e. The van der Waals surface area contributed by atoms with Crippen LogP contribution < -0.4 is 10.1 Å². The van der Waals surface area contributed by atoms with Gasteiger partial charge in [0.2, 0.25) is 15.9 Å². The summed E-state index contributed by atoms with van der Waals surface area (Å²) in [6, 6.07) is 3.59. The van der Waals surface area contributed by atoms with Crippen LogP contribution in [0.25, 0.3) is 0 Å². The number of aliphatic hydroxyl groups is 1. The Morgan fingerprint density at radius 2 is 1.94 bits per heavy atom. The molecule has 2 N–H and O–H groups in total. The number of nitrogens with zero attached hydrogens (tertiary/aromatic N) is 3. The van der Waals surface area contributed by atoms with Crippen molar-refractivity contribution in [2.45, 2.75) is 96.0 Å². The molecule has 0 bridgehead atoms. The number of fused-ring (bicyclic) bond motifs is 1. The molecule has 2 aromatic rings. The fourth-order valence-electron chi connectivity index (χ4n) is 5.29. The molecular formula is C31H45F3N4O8S. The molecule has 3 rings (SSSR count). The van der Waals surface area contributed by atoms with E-state index in [-0.39, 0.29) is 52.5 Å².